The van der Waals surface area contributed by atoms with Gasteiger partial charge in [0.05, 0.1) is 12.7 Å². The molecule has 0 saturated carbocycles. The standard InChI is InChI=1S/C19H21ClN2O3/c1-19(2,3)13-7-5-12(6-8-13)17(23)21-22-18(24)15-11-14(20)9-10-16(15)25-4/h5-11H,1-4H3,(H,21,23)(H,22,24). The molecule has 0 aromatic heterocycles. The molecule has 2 N–H and O–H groups in total. The molecule has 0 saturated heterocycles. The smallest absolute Gasteiger partial charge is 0.273 e. The molecule has 2 aromatic carbocycles. The molecule has 0 unspecified atom stereocenters. The second kappa shape index (κ2) is 7.57. The molecule has 6 heteroatoms. The summed E-state index contributed by atoms with van der Waals surface area (Å²) in [5.41, 5.74) is 6.57. The number of amides is 2. The van der Waals surface area contributed by atoms with Crippen molar-refractivity contribution >= 4 is 23.4 Å². The highest BCUT2D eigenvalue weighted by molar-refractivity contribution is 6.31. The van der Waals surface area contributed by atoms with Crippen LogP contribution in [0, 0.1) is 0 Å². The Labute approximate surface area is 152 Å². The van der Waals surface area contributed by atoms with E-state index in [4.69, 9.17) is 16.3 Å². The van der Waals surface area contributed by atoms with Crippen molar-refractivity contribution in [3.8, 4) is 5.75 Å². The molecule has 0 spiro atoms. The third kappa shape index (κ3) is 4.73. The van der Waals surface area contributed by atoms with Gasteiger partial charge in [0.25, 0.3) is 11.8 Å². The van der Waals surface area contributed by atoms with Crippen molar-refractivity contribution in [2.24, 2.45) is 0 Å². The number of hydrazine groups is 1. The molecule has 2 rings (SSSR count). The van der Waals surface area contributed by atoms with E-state index in [9.17, 15) is 9.59 Å². The molecule has 0 radical (unpaired) electrons. The fourth-order valence-electron chi connectivity index (χ4n) is 2.23. The van der Waals surface area contributed by atoms with Crippen LogP contribution >= 0.6 is 11.6 Å². The fourth-order valence-corrected chi connectivity index (χ4v) is 2.40. The van der Waals surface area contributed by atoms with Crippen molar-refractivity contribution in [3.05, 3.63) is 64.2 Å². The zero-order valence-electron chi connectivity index (χ0n) is 14.6. The van der Waals surface area contributed by atoms with Crippen molar-refractivity contribution in [1.82, 2.24) is 10.9 Å². The van der Waals surface area contributed by atoms with Gasteiger partial charge in [-0.3, -0.25) is 20.4 Å². The summed E-state index contributed by atoms with van der Waals surface area (Å²) in [4.78, 5) is 24.4. The van der Waals surface area contributed by atoms with Gasteiger partial charge in [0.1, 0.15) is 5.75 Å². The Kier molecular flexibility index (Phi) is 5.69. The highest BCUT2D eigenvalue weighted by atomic mass is 35.5. The van der Waals surface area contributed by atoms with Crippen molar-refractivity contribution < 1.29 is 14.3 Å². The molecule has 0 aliphatic heterocycles. The molecule has 2 amide bonds. The van der Waals surface area contributed by atoms with Crippen molar-refractivity contribution in [2.75, 3.05) is 7.11 Å². The molecule has 0 fully saturated rings. The van der Waals surface area contributed by atoms with Crippen molar-refractivity contribution in [2.45, 2.75) is 26.2 Å². The largest absolute Gasteiger partial charge is 0.496 e. The third-order valence-corrected chi connectivity index (χ3v) is 3.94. The first-order valence-corrected chi connectivity index (χ1v) is 8.15. The second-order valence-electron chi connectivity index (χ2n) is 6.58. The maximum atomic E-state index is 12.2. The first-order valence-electron chi connectivity index (χ1n) is 7.77. The number of rotatable bonds is 3. The minimum Gasteiger partial charge on any atom is -0.496 e. The number of hydrogen-bond donors (Lipinski definition) is 2. The summed E-state index contributed by atoms with van der Waals surface area (Å²) >= 11 is 5.91. The van der Waals surface area contributed by atoms with E-state index in [0.29, 0.717) is 16.3 Å². The molecule has 2 aromatic rings. The predicted octanol–water partition coefficient (Wildman–Crippen LogP) is 3.72. The third-order valence-electron chi connectivity index (χ3n) is 3.71. The first-order chi connectivity index (χ1) is 11.7. The van der Waals surface area contributed by atoms with Crippen LogP contribution in [-0.4, -0.2) is 18.9 Å². The molecular weight excluding hydrogens is 340 g/mol. The Balaban J connectivity index is 2.05. The maximum Gasteiger partial charge on any atom is 0.273 e. The van der Waals surface area contributed by atoms with E-state index in [2.05, 4.69) is 31.6 Å². The molecule has 0 atom stereocenters. The number of methoxy groups -OCH3 is 1. The average Bonchev–Trinajstić information content (AvgIpc) is 2.58. The quantitative estimate of drug-likeness (QED) is 0.820. The molecule has 0 aliphatic rings. The molecule has 5 nitrogen and oxygen atoms in total. The van der Waals surface area contributed by atoms with Gasteiger partial charge < -0.3 is 4.74 Å². The Bertz CT molecular complexity index is 780. The van der Waals surface area contributed by atoms with Gasteiger partial charge >= 0.3 is 0 Å². The number of carbonyl (C=O) groups excluding carboxylic acids is 2. The monoisotopic (exact) mass is 360 g/mol. The summed E-state index contributed by atoms with van der Waals surface area (Å²) in [6, 6.07) is 11.9. The van der Waals surface area contributed by atoms with Crippen LogP contribution in [0.3, 0.4) is 0 Å². The van der Waals surface area contributed by atoms with E-state index in [1.165, 1.54) is 13.2 Å². The second-order valence-corrected chi connectivity index (χ2v) is 7.02. The van der Waals surface area contributed by atoms with Crippen LogP contribution in [0.2, 0.25) is 5.02 Å². The van der Waals surface area contributed by atoms with Gasteiger partial charge in [0.15, 0.2) is 0 Å². The normalized spacial score (nSPS) is 10.9. The van der Waals surface area contributed by atoms with Crippen LogP contribution in [0.4, 0.5) is 0 Å². The van der Waals surface area contributed by atoms with E-state index < -0.39 is 11.8 Å². The van der Waals surface area contributed by atoms with E-state index in [0.717, 1.165) is 5.56 Å². The van der Waals surface area contributed by atoms with Crippen LogP contribution in [0.5, 0.6) is 5.75 Å². The molecule has 0 bridgehead atoms. The summed E-state index contributed by atoms with van der Waals surface area (Å²) in [7, 11) is 1.45. The van der Waals surface area contributed by atoms with Crippen LogP contribution in [0.15, 0.2) is 42.5 Å². The Morgan fingerprint density at radius 2 is 1.56 bits per heavy atom. The van der Waals surface area contributed by atoms with E-state index >= 15 is 0 Å². The van der Waals surface area contributed by atoms with Crippen LogP contribution in [-0.2, 0) is 5.41 Å². The van der Waals surface area contributed by atoms with Crippen LogP contribution in [0.1, 0.15) is 47.1 Å². The minimum absolute atomic E-state index is 0.00630. The minimum atomic E-state index is -0.515. The van der Waals surface area contributed by atoms with Gasteiger partial charge in [-0.05, 0) is 41.3 Å². The lowest BCUT2D eigenvalue weighted by Crippen LogP contribution is -2.41. The predicted molar refractivity (Wildman–Crippen MR) is 98.1 cm³/mol. The number of carbonyl (C=O) groups is 2. The highest BCUT2D eigenvalue weighted by Crippen LogP contribution is 2.23. The maximum absolute atomic E-state index is 12.2. The van der Waals surface area contributed by atoms with Gasteiger partial charge in [0.2, 0.25) is 0 Å². The summed E-state index contributed by atoms with van der Waals surface area (Å²) in [6.45, 7) is 6.29. The van der Waals surface area contributed by atoms with E-state index in [1.54, 1.807) is 24.3 Å². The number of hydrogen-bond acceptors (Lipinski definition) is 3. The van der Waals surface area contributed by atoms with Crippen molar-refractivity contribution in [1.29, 1.82) is 0 Å². The van der Waals surface area contributed by atoms with E-state index in [1.807, 2.05) is 12.1 Å². The van der Waals surface area contributed by atoms with E-state index in [-0.39, 0.29) is 11.0 Å². The Morgan fingerprint density at radius 1 is 0.960 bits per heavy atom. The van der Waals surface area contributed by atoms with Gasteiger partial charge in [0, 0.05) is 10.6 Å². The highest BCUT2D eigenvalue weighted by Gasteiger charge is 2.16. The lowest BCUT2D eigenvalue weighted by atomic mass is 9.87. The van der Waals surface area contributed by atoms with Gasteiger partial charge in [-0.15, -0.1) is 0 Å². The summed E-state index contributed by atoms with van der Waals surface area (Å²) in [5.74, 6) is -0.556. The van der Waals surface area contributed by atoms with Crippen LogP contribution < -0.4 is 15.6 Å². The summed E-state index contributed by atoms with van der Waals surface area (Å²) < 4.78 is 5.13. The van der Waals surface area contributed by atoms with Crippen molar-refractivity contribution in [3.63, 3.8) is 0 Å². The fraction of sp³-hybridized carbons (Fsp3) is 0.263. The lowest BCUT2D eigenvalue weighted by molar-refractivity contribution is 0.0845. The molecule has 132 valence electrons. The molecular formula is C19H21ClN2O3. The Morgan fingerprint density at radius 3 is 2.12 bits per heavy atom. The summed E-state index contributed by atoms with van der Waals surface area (Å²) in [6.07, 6.45) is 0. The van der Waals surface area contributed by atoms with Gasteiger partial charge in [-0.2, -0.15) is 0 Å². The topological polar surface area (TPSA) is 67.4 Å². The zero-order chi connectivity index (χ0) is 18.6. The molecule has 0 aliphatic carbocycles. The molecule has 25 heavy (non-hydrogen) atoms. The zero-order valence-corrected chi connectivity index (χ0v) is 15.4. The number of benzene rings is 2. The van der Waals surface area contributed by atoms with Gasteiger partial charge in [-0.25, -0.2) is 0 Å². The van der Waals surface area contributed by atoms with Gasteiger partial charge in [-0.1, -0.05) is 44.5 Å². The van der Waals surface area contributed by atoms with Crippen LogP contribution in [0.25, 0.3) is 0 Å². The first kappa shape index (κ1) is 18.8. The SMILES string of the molecule is COc1ccc(Cl)cc1C(=O)NNC(=O)c1ccc(C(C)(C)C)cc1. The average molecular weight is 361 g/mol. The molecule has 0 heterocycles. The Hall–Kier alpha value is -2.53. The number of halogens is 1. The summed E-state index contributed by atoms with van der Waals surface area (Å²) in [5, 5.41) is 0.398. The number of ether oxygens (including phenoxy) is 1. The lowest BCUT2D eigenvalue weighted by Gasteiger charge is -2.19. The number of nitrogens with one attached hydrogen (secondary N) is 2.